The Hall–Kier alpha value is -2.41. The van der Waals surface area contributed by atoms with Crippen molar-refractivity contribution in [3.63, 3.8) is 0 Å². The minimum atomic E-state index is -0.513. The summed E-state index contributed by atoms with van der Waals surface area (Å²) in [7, 11) is 0. The van der Waals surface area contributed by atoms with E-state index < -0.39 is 6.04 Å². The zero-order valence-corrected chi connectivity index (χ0v) is 15.0. The van der Waals surface area contributed by atoms with Gasteiger partial charge in [0.15, 0.2) is 0 Å². The van der Waals surface area contributed by atoms with E-state index in [1.165, 1.54) is 4.90 Å². The van der Waals surface area contributed by atoms with E-state index in [2.05, 4.69) is 0 Å². The third-order valence-corrected chi connectivity index (χ3v) is 4.99. The fraction of sp³-hybridized carbons (Fsp3) is 0.526. The highest BCUT2D eigenvalue weighted by Crippen LogP contribution is 2.29. The van der Waals surface area contributed by atoms with Crippen molar-refractivity contribution >= 4 is 23.4 Å². The zero-order chi connectivity index (χ0) is 18.7. The van der Waals surface area contributed by atoms with Crippen LogP contribution in [0.5, 0.6) is 5.75 Å². The Labute approximate surface area is 153 Å². The molecule has 0 aromatic heterocycles. The molecule has 7 nitrogen and oxygen atoms in total. The predicted octanol–water partition coefficient (Wildman–Crippen LogP) is 1.30. The van der Waals surface area contributed by atoms with Gasteiger partial charge in [-0.15, -0.1) is 0 Å². The number of ether oxygens (including phenoxy) is 1. The Kier molecular flexibility index (Phi) is 5.56. The summed E-state index contributed by atoms with van der Waals surface area (Å²) in [4.78, 5) is 40.0. The number of carbonyl (C=O) groups excluding carboxylic acids is 3. The first-order valence-electron chi connectivity index (χ1n) is 9.14. The van der Waals surface area contributed by atoms with E-state index in [1.54, 1.807) is 24.3 Å². The number of carbonyl (C=O) groups is 3. The second-order valence-electron chi connectivity index (χ2n) is 6.87. The van der Waals surface area contributed by atoms with E-state index >= 15 is 0 Å². The maximum Gasteiger partial charge on any atom is 0.251 e. The van der Waals surface area contributed by atoms with Crippen LogP contribution in [0.2, 0.25) is 0 Å². The van der Waals surface area contributed by atoms with Crippen LogP contribution in [0.3, 0.4) is 0 Å². The molecule has 26 heavy (non-hydrogen) atoms. The molecule has 2 aliphatic heterocycles. The highest BCUT2D eigenvalue weighted by molar-refractivity contribution is 6.22. The molecule has 2 heterocycles. The zero-order valence-electron chi connectivity index (χ0n) is 15.0. The van der Waals surface area contributed by atoms with Crippen molar-refractivity contribution in [1.82, 2.24) is 4.90 Å². The van der Waals surface area contributed by atoms with Gasteiger partial charge in [-0.1, -0.05) is 6.92 Å². The van der Waals surface area contributed by atoms with Gasteiger partial charge in [-0.25, -0.2) is 4.90 Å². The van der Waals surface area contributed by atoms with Crippen molar-refractivity contribution < 1.29 is 19.1 Å². The van der Waals surface area contributed by atoms with Crippen LogP contribution in [0.15, 0.2) is 24.3 Å². The molecule has 2 N–H and O–H groups in total. The maximum atomic E-state index is 12.9. The number of anilines is 1. The van der Waals surface area contributed by atoms with Gasteiger partial charge < -0.3 is 10.5 Å². The lowest BCUT2D eigenvalue weighted by Crippen LogP contribution is -2.49. The number of likely N-dealkylation sites (tertiary alicyclic amines) is 1. The number of imide groups is 1. The maximum absolute atomic E-state index is 12.9. The monoisotopic (exact) mass is 359 g/mol. The lowest BCUT2D eigenvalue weighted by molar-refractivity contribution is -0.127. The number of benzene rings is 1. The van der Waals surface area contributed by atoms with Crippen molar-refractivity contribution in [2.45, 2.75) is 38.6 Å². The Morgan fingerprint density at radius 3 is 2.65 bits per heavy atom. The highest BCUT2D eigenvalue weighted by Gasteiger charge is 2.44. The molecule has 0 bridgehead atoms. The molecule has 0 radical (unpaired) electrons. The molecule has 140 valence electrons. The first kappa shape index (κ1) is 18.4. The van der Waals surface area contributed by atoms with Gasteiger partial charge in [0.1, 0.15) is 5.75 Å². The quantitative estimate of drug-likeness (QED) is 0.773. The number of nitrogens with zero attached hydrogens (tertiary/aromatic N) is 2. The van der Waals surface area contributed by atoms with Crippen LogP contribution in [0.25, 0.3) is 0 Å². The average Bonchev–Trinajstić information content (AvgIpc) is 2.95. The van der Waals surface area contributed by atoms with Crippen molar-refractivity contribution in [2.75, 3.05) is 24.6 Å². The molecule has 0 saturated carbocycles. The van der Waals surface area contributed by atoms with Gasteiger partial charge >= 0.3 is 0 Å². The molecule has 7 heteroatoms. The molecule has 2 fully saturated rings. The SMILES string of the molecule is CCCOc1ccc(N2C(=O)C[C@H](N3CCC[C@@H](C(N)=O)C3)C2=O)cc1. The van der Waals surface area contributed by atoms with E-state index in [-0.39, 0.29) is 30.1 Å². The third-order valence-electron chi connectivity index (χ3n) is 4.99. The smallest absolute Gasteiger partial charge is 0.251 e. The minimum Gasteiger partial charge on any atom is -0.494 e. The summed E-state index contributed by atoms with van der Waals surface area (Å²) in [6, 6.07) is 6.48. The second-order valence-corrected chi connectivity index (χ2v) is 6.87. The van der Waals surface area contributed by atoms with Gasteiger partial charge in [0.05, 0.1) is 30.7 Å². The summed E-state index contributed by atoms with van der Waals surface area (Å²) in [5.74, 6) is -0.334. The number of piperidine rings is 1. The van der Waals surface area contributed by atoms with E-state index in [9.17, 15) is 14.4 Å². The van der Waals surface area contributed by atoms with Crippen LogP contribution in [0.1, 0.15) is 32.6 Å². The standard InChI is InChI=1S/C19H25N3O4/c1-2-10-26-15-7-5-14(6-8-15)22-17(23)11-16(19(22)25)21-9-3-4-13(12-21)18(20)24/h5-8,13,16H,2-4,9-12H2,1H3,(H2,20,24)/t13-,16+/m1/s1. The van der Waals surface area contributed by atoms with Crippen LogP contribution in [-0.2, 0) is 14.4 Å². The Morgan fingerprint density at radius 1 is 1.27 bits per heavy atom. The molecule has 0 aliphatic carbocycles. The fourth-order valence-electron chi connectivity index (χ4n) is 3.61. The summed E-state index contributed by atoms with van der Waals surface area (Å²) < 4.78 is 5.54. The van der Waals surface area contributed by atoms with Crippen LogP contribution in [-0.4, -0.2) is 48.4 Å². The van der Waals surface area contributed by atoms with Crippen molar-refractivity contribution in [1.29, 1.82) is 0 Å². The first-order chi connectivity index (χ1) is 12.5. The Bertz CT molecular complexity index is 689. The molecule has 3 amide bonds. The average molecular weight is 359 g/mol. The normalized spacial score (nSPS) is 24.1. The number of rotatable bonds is 6. The Balaban J connectivity index is 1.71. The summed E-state index contributed by atoms with van der Waals surface area (Å²) in [6.45, 7) is 3.79. The lowest BCUT2D eigenvalue weighted by Gasteiger charge is -2.34. The fourth-order valence-corrected chi connectivity index (χ4v) is 3.61. The van der Waals surface area contributed by atoms with Crippen molar-refractivity contribution in [2.24, 2.45) is 11.7 Å². The minimum absolute atomic E-state index is 0.137. The molecule has 1 aromatic carbocycles. The van der Waals surface area contributed by atoms with Crippen LogP contribution in [0.4, 0.5) is 5.69 Å². The van der Waals surface area contributed by atoms with Crippen LogP contribution in [0, 0.1) is 5.92 Å². The molecule has 0 spiro atoms. The van der Waals surface area contributed by atoms with E-state index in [0.29, 0.717) is 31.1 Å². The molecular formula is C19H25N3O4. The Morgan fingerprint density at radius 2 is 2.00 bits per heavy atom. The topological polar surface area (TPSA) is 92.9 Å². The first-order valence-corrected chi connectivity index (χ1v) is 9.14. The molecule has 3 rings (SSSR count). The number of amides is 3. The van der Waals surface area contributed by atoms with E-state index in [0.717, 1.165) is 19.3 Å². The largest absolute Gasteiger partial charge is 0.494 e. The number of hydrogen-bond acceptors (Lipinski definition) is 5. The highest BCUT2D eigenvalue weighted by atomic mass is 16.5. The van der Waals surface area contributed by atoms with Crippen LogP contribution >= 0.6 is 0 Å². The van der Waals surface area contributed by atoms with Gasteiger partial charge in [-0.2, -0.15) is 0 Å². The van der Waals surface area contributed by atoms with Crippen LogP contribution < -0.4 is 15.4 Å². The molecule has 2 aliphatic rings. The molecular weight excluding hydrogens is 334 g/mol. The predicted molar refractivity (Wildman–Crippen MR) is 96.6 cm³/mol. The lowest BCUT2D eigenvalue weighted by atomic mass is 9.96. The molecule has 1 aromatic rings. The molecule has 2 saturated heterocycles. The third kappa shape index (κ3) is 3.72. The summed E-state index contributed by atoms with van der Waals surface area (Å²) >= 11 is 0. The number of primary amides is 1. The van der Waals surface area contributed by atoms with Gasteiger partial charge in [-0.3, -0.25) is 19.3 Å². The van der Waals surface area contributed by atoms with Gasteiger partial charge in [0.2, 0.25) is 11.8 Å². The molecule has 0 unspecified atom stereocenters. The van der Waals surface area contributed by atoms with Gasteiger partial charge in [0.25, 0.3) is 5.91 Å². The van der Waals surface area contributed by atoms with Gasteiger partial charge in [0, 0.05) is 6.54 Å². The second kappa shape index (κ2) is 7.86. The van der Waals surface area contributed by atoms with Crippen molar-refractivity contribution in [3.05, 3.63) is 24.3 Å². The summed E-state index contributed by atoms with van der Waals surface area (Å²) in [5, 5.41) is 0. The summed E-state index contributed by atoms with van der Waals surface area (Å²) in [5.41, 5.74) is 5.97. The number of hydrogen-bond donors (Lipinski definition) is 1. The molecule has 2 atom stereocenters. The van der Waals surface area contributed by atoms with E-state index in [1.807, 2.05) is 11.8 Å². The number of nitrogens with two attached hydrogens (primary N) is 1. The van der Waals surface area contributed by atoms with Crippen molar-refractivity contribution in [3.8, 4) is 5.75 Å². The van der Waals surface area contributed by atoms with Gasteiger partial charge in [-0.05, 0) is 50.1 Å². The summed E-state index contributed by atoms with van der Waals surface area (Å²) in [6.07, 6.45) is 2.59. The van der Waals surface area contributed by atoms with E-state index in [4.69, 9.17) is 10.5 Å².